The van der Waals surface area contributed by atoms with Gasteiger partial charge in [-0.3, -0.25) is 4.90 Å². The fourth-order valence-electron chi connectivity index (χ4n) is 3.04. The fraction of sp³-hybridized carbons (Fsp3) is 0.474. The number of β-amino-alcohol motifs (C(OH)–C–C–N with tert-alkyl or cyclic N) is 1. The summed E-state index contributed by atoms with van der Waals surface area (Å²) >= 11 is 1.68. The van der Waals surface area contributed by atoms with Gasteiger partial charge in [-0.15, -0.1) is 11.3 Å². The van der Waals surface area contributed by atoms with E-state index in [1.54, 1.807) is 18.4 Å². The first-order valence-electron chi connectivity index (χ1n) is 8.64. The Morgan fingerprint density at radius 2 is 2.00 bits per heavy atom. The monoisotopic (exact) mass is 362 g/mol. The number of hydrogen-bond acceptors (Lipinski definition) is 6. The number of aliphatic hydroxyl groups is 1. The number of thiophene rings is 1. The molecule has 1 fully saturated rings. The third-order valence-corrected chi connectivity index (χ3v) is 5.24. The van der Waals surface area contributed by atoms with Crippen molar-refractivity contribution in [1.82, 2.24) is 4.90 Å². The topological polar surface area (TPSA) is 45.2 Å². The molecule has 1 N–H and O–H groups in total. The predicted molar refractivity (Wildman–Crippen MR) is 102 cm³/mol. The number of piperazine rings is 1. The lowest BCUT2D eigenvalue weighted by molar-refractivity contribution is 0.00991. The summed E-state index contributed by atoms with van der Waals surface area (Å²) in [7, 11) is 1.69. The molecule has 3 rings (SSSR count). The molecule has 2 aromatic rings. The van der Waals surface area contributed by atoms with Crippen LogP contribution >= 0.6 is 11.3 Å². The number of rotatable bonds is 8. The summed E-state index contributed by atoms with van der Waals surface area (Å²) in [6.07, 6.45) is -0.441. The summed E-state index contributed by atoms with van der Waals surface area (Å²) in [4.78, 5) is 5.85. The van der Waals surface area contributed by atoms with Crippen LogP contribution in [-0.4, -0.2) is 62.6 Å². The highest BCUT2D eigenvalue weighted by molar-refractivity contribution is 7.09. The Morgan fingerprint density at radius 3 is 2.72 bits per heavy atom. The molecular formula is C19H26N2O3S. The van der Waals surface area contributed by atoms with Crippen molar-refractivity contribution in [1.29, 1.82) is 0 Å². The SMILES string of the molecule is COc1cccc(N2CCN(CC(O)COCc3cccs3)CC2)c1. The molecule has 1 aliphatic heterocycles. The first kappa shape index (κ1) is 18.2. The predicted octanol–water partition coefficient (Wildman–Crippen LogP) is 2.46. The quantitative estimate of drug-likeness (QED) is 0.782. The Hall–Kier alpha value is -1.60. The van der Waals surface area contributed by atoms with Gasteiger partial charge in [0.2, 0.25) is 0 Å². The van der Waals surface area contributed by atoms with E-state index >= 15 is 0 Å². The average molecular weight is 362 g/mol. The average Bonchev–Trinajstić information content (AvgIpc) is 3.16. The number of aliphatic hydroxyl groups excluding tert-OH is 1. The zero-order chi connectivity index (χ0) is 17.5. The minimum absolute atomic E-state index is 0.383. The fourth-order valence-corrected chi connectivity index (χ4v) is 3.68. The van der Waals surface area contributed by atoms with Gasteiger partial charge in [0.05, 0.1) is 26.4 Å². The Balaban J connectivity index is 1.38. The van der Waals surface area contributed by atoms with Crippen LogP contribution in [0.4, 0.5) is 5.69 Å². The van der Waals surface area contributed by atoms with Crippen LogP contribution in [0.3, 0.4) is 0 Å². The number of ether oxygens (including phenoxy) is 2. The summed E-state index contributed by atoms with van der Waals surface area (Å²) in [6.45, 7) is 5.42. The van der Waals surface area contributed by atoms with Gasteiger partial charge in [-0.1, -0.05) is 12.1 Å². The molecule has 0 radical (unpaired) electrons. The standard InChI is InChI=1S/C19H26N2O3S/c1-23-18-5-2-4-16(12-18)21-9-7-20(8-10-21)13-17(22)14-24-15-19-6-3-11-25-19/h2-6,11-12,17,22H,7-10,13-15H2,1H3. The normalized spacial score (nSPS) is 16.8. The summed E-state index contributed by atoms with van der Waals surface area (Å²) in [5, 5.41) is 12.2. The van der Waals surface area contributed by atoms with E-state index in [1.165, 1.54) is 10.6 Å². The van der Waals surface area contributed by atoms with E-state index in [4.69, 9.17) is 9.47 Å². The maximum absolute atomic E-state index is 10.2. The lowest BCUT2D eigenvalue weighted by Gasteiger charge is -2.37. The molecule has 1 saturated heterocycles. The number of nitrogens with zero attached hydrogens (tertiary/aromatic N) is 2. The summed E-state index contributed by atoms with van der Waals surface area (Å²) in [5.74, 6) is 0.887. The van der Waals surface area contributed by atoms with Crippen molar-refractivity contribution >= 4 is 17.0 Å². The van der Waals surface area contributed by atoms with Crippen molar-refractivity contribution in [2.45, 2.75) is 12.7 Å². The van der Waals surface area contributed by atoms with Gasteiger partial charge in [-0.25, -0.2) is 0 Å². The van der Waals surface area contributed by atoms with Crippen LogP contribution in [0.2, 0.25) is 0 Å². The van der Waals surface area contributed by atoms with Crippen LogP contribution in [0.5, 0.6) is 5.75 Å². The van der Waals surface area contributed by atoms with Crippen LogP contribution in [-0.2, 0) is 11.3 Å². The number of methoxy groups -OCH3 is 1. The number of benzene rings is 1. The Labute approximate surface area is 153 Å². The lowest BCUT2D eigenvalue weighted by atomic mass is 10.2. The van der Waals surface area contributed by atoms with Gasteiger partial charge in [0.15, 0.2) is 0 Å². The molecule has 1 unspecified atom stereocenters. The van der Waals surface area contributed by atoms with Gasteiger partial charge >= 0.3 is 0 Å². The van der Waals surface area contributed by atoms with E-state index in [0.717, 1.165) is 31.9 Å². The molecule has 1 aromatic carbocycles. The summed E-state index contributed by atoms with van der Waals surface area (Å²) < 4.78 is 10.9. The van der Waals surface area contributed by atoms with Crippen LogP contribution in [0.15, 0.2) is 41.8 Å². The number of anilines is 1. The second-order valence-corrected chi connectivity index (χ2v) is 7.27. The third kappa shape index (κ3) is 5.44. The maximum atomic E-state index is 10.2. The van der Waals surface area contributed by atoms with Crippen LogP contribution in [0.1, 0.15) is 4.88 Å². The van der Waals surface area contributed by atoms with E-state index in [0.29, 0.717) is 19.8 Å². The van der Waals surface area contributed by atoms with Crippen molar-refractivity contribution in [3.05, 3.63) is 46.7 Å². The zero-order valence-electron chi connectivity index (χ0n) is 14.6. The van der Waals surface area contributed by atoms with Gasteiger partial charge in [0.25, 0.3) is 0 Å². The Kier molecular flexibility index (Phi) is 6.69. The van der Waals surface area contributed by atoms with Crippen LogP contribution in [0, 0.1) is 0 Å². The molecule has 0 saturated carbocycles. The minimum atomic E-state index is -0.441. The van der Waals surface area contributed by atoms with Crippen LogP contribution < -0.4 is 9.64 Å². The number of hydrogen-bond donors (Lipinski definition) is 1. The highest BCUT2D eigenvalue weighted by Gasteiger charge is 2.19. The minimum Gasteiger partial charge on any atom is -0.497 e. The van der Waals surface area contributed by atoms with E-state index in [1.807, 2.05) is 23.6 Å². The first-order valence-corrected chi connectivity index (χ1v) is 9.52. The molecule has 1 aromatic heterocycles. The van der Waals surface area contributed by atoms with E-state index < -0.39 is 6.10 Å². The lowest BCUT2D eigenvalue weighted by Crippen LogP contribution is -2.49. The van der Waals surface area contributed by atoms with E-state index in [9.17, 15) is 5.11 Å². The molecule has 6 heteroatoms. The molecule has 25 heavy (non-hydrogen) atoms. The van der Waals surface area contributed by atoms with Crippen molar-refractivity contribution < 1.29 is 14.6 Å². The molecule has 2 heterocycles. The largest absolute Gasteiger partial charge is 0.497 e. The van der Waals surface area contributed by atoms with Crippen molar-refractivity contribution in [3.63, 3.8) is 0 Å². The van der Waals surface area contributed by atoms with Crippen molar-refractivity contribution in [2.75, 3.05) is 51.3 Å². The first-order chi connectivity index (χ1) is 12.2. The van der Waals surface area contributed by atoms with Gasteiger partial charge < -0.3 is 19.5 Å². The highest BCUT2D eigenvalue weighted by Crippen LogP contribution is 2.22. The highest BCUT2D eigenvalue weighted by atomic mass is 32.1. The summed E-state index contributed by atoms with van der Waals surface area (Å²) in [5.41, 5.74) is 1.19. The molecular weight excluding hydrogens is 336 g/mol. The molecule has 0 aliphatic carbocycles. The summed E-state index contributed by atoms with van der Waals surface area (Å²) in [6, 6.07) is 12.2. The molecule has 1 aliphatic rings. The second-order valence-electron chi connectivity index (χ2n) is 6.24. The van der Waals surface area contributed by atoms with Crippen molar-refractivity contribution in [2.24, 2.45) is 0 Å². The Morgan fingerprint density at radius 1 is 1.16 bits per heavy atom. The van der Waals surface area contributed by atoms with E-state index in [2.05, 4.69) is 28.0 Å². The molecule has 0 spiro atoms. The third-order valence-electron chi connectivity index (χ3n) is 4.39. The van der Waals surface area contributed by atoms with Gasteiger partial charge in [-0.2, -0.15) is 0 Å². The molecule has 0 amide bonds. The van der Waals surface area contributed by atoms with E-state index in [-0.39, 0.29) is 0 Å². The zero-order valence-corrected chi connectivity index (χ0v) is 15.5. The van der Waals surface area contributed by atoms with Gasteiger partial charge in [0, 0.05) is 49.4 Å². The molecule has 5 nitrogen and oxygen atoms in total. The Bertz CT molecular complexity index is 627. The maximum Gasteiger partial charge on any atom is 0.120 e. The smallest absolute Gasteiger partial charge is 0.120 e. The van der Waals surface area contributed by atoms with Crippen molar-refractivity contribution in [3.8, 4) is 5.75 Å². The van der Waals surface area contributed by atoms with Crippen LogP contribution in [0.25, 0.3) is 0 Å². The molecule has 1 atom stereocenters. The molecule has 136 valence electrons. The van der Waals surface area contributed by atoms with Gasteiger partial charge in [0.1, 0.15) is 5.75 Å². The second kappa shape index (κ2) is 9.20. The molecule has 0 bridgehead atoms. The van der Waals surface area contributed by atoms with Gasteiger partial charge in [-0.05, 0) is 23.6 Å².